The summed E-state index contributed by atoms with van der Waals surface area (Å²) < 4.78 is 0. The molecule has 0 aliphatic rings. The predicted octanol–water partition coefficient (Wildman–Crippen LogP) is 6.32. The number of benzene rings is 4. The van der Waals surface area contributed by atoms with E-state index in [-0.39, 0.29) is 41.1 Å². The first-order chi connectivity index (χ1) is 16.2. The van der Waals surface area contributed by atoms with Gasteiger partial charge in [0.05, 0.1) is 8.07 Å². The van der Waals surface area contributed by atoms with Gasteiger partial charge in [0.15, 0.2) is 0 Å². The fraction of sp³-hybridized carbons (Fsp3) is 0.0588. The maximum atomic E-state index is 2.39. The molecule has 6 aromatic rings. The van der Waals surface area contributed by atoms with E-state index in [0.717, 1.165) is 0 Å². The Balaban J connectivity index is 0.00000120. The van der Waals surface area contributed by atoms with Crippen molar-refractivity contribution in [3.63, 3.8) is 0 Å². The van der Waals surface area contributed by atoms with Gasteiger partial charge in [0, 0.05) is 0 Å². The van der Waals surface area contributed by atoms with Gasteiger partial charge in [0.1, 0.15) is 0 Å². The van der Waals surface area contributed by atoms with Gasteiger partial charge in [-0.1, -0.05) is 97.0 Å². The van der Waals surface area contributed by atoms with Crippen LogP contribution in [0.1, 0.15) is 11.1 Å². The Morgan fingerprint density at radius 1 is 0.472 bits per heavy atom. The minimum Gasteiger partial charge on any atom is -0.358 e. The fourth-order valence-electron chi connectivity index (χ4n) is 5.98. The molecule has 0 saturated heterocycles. The monoisotopic (exact) mass is 558 g/mol. The summed E-state index contributed by atoms with van der Waals surface area (Å²) in [5, 5.41) is 11.4. The molecule has 0 spiro atoms. The topological polar surface area (TPSA) is 0 Å². The van der Waals surface area contributed by atoms with Gasteiger partial charge in [-0.05, 0) is 0 Å². The third-order valence-corrected chi connectivity index (χ3v) is 12.4. The van der Waals surface area contributed by atoms with Crippen molar-refractivity contribution in [2.45, 2.75) is 13.8 Å². The molecule has 0 radical (unpaired) electrons. The SMILES string of the molecule is Cc1[cH-]c2ccccc2c1[Si](c1ccccc1)(c1ccccc1)c1c(C)[cH-]c2ccccc12.[CH3-].[CH3-].[Zr+4]. The zero-order valence-corrected chi connectivity index (χ0v) is 25.0. The molecule has 0 nitrogen and oxygen atoms in total. The summed E-state index contributed by atoms with van der Waals surface area (Å²) in [6, 6.07) is 45.2. The Morgan fingerprint density at radius 2 is 0.806 bits per heavy atom. The van der Waals surface area contributed by atoms with Gasteiger partial charge in [0.25, 0.3) is 0 Å². The third kappa shape index (κ3) is 4.11. The summed E-state index contributed by atoms with van der Waals surface area (Å²) in [4.78, 5) is 0. The summed E-state index contributed by atoms with van der Waals surface area (Å²) in [6.45, 7) is 4.62. The van der Waals surface area contributed by atoms with Gasteiger partial charge >= 0.3 is 26.2 Å². The molecule has 0 aromatic heterocycles. The van der Waals surface area contributed by atoms with Crippen molar-refractivity contribution in [3.8, 4) is 0 Å². The Labute approximate surface area is 236 Å². The van der Waals surface area contributed by atoms with Crippen LogP contribution in [-0.2, 0) is 26.2 Å². The molecule has 0 fully saturated rings. The van der Waals surface area contributed by atoms with Crippen molar-refractivity contribution in [2.75, 3.05) is 0 Å². The van der Waals surface area contributed by atoms with Gasteiger partial charge in [-0.2, -0.15) is 0 Å². The summed E-state index contributed by atoms with van der Waals surface area (Å²) in [5.41, 5.74) is 2.78. The molecule has 36 heavy (non-hydrogen) atoms. The van der Waals surface area contributed by atoms with Crippen molar-refractivity contribution in [1.82, 2.24) is 0 Å². The first kappa shape index (κ1) is 27.8. The van der Waals surface area contributed by atoms with E-state index in [0.29, 0.717) is 0 Å². The van der Waals surface area contributed by atoms with Crippen LogP contribution in [0.2, 0.25) is 0 Å². The second-order valence-electron chi connectivity index (χ2n) is 9.06. The first-order valence-corrected chi connectivity index (χ1v) is 13.6. The molecule has 0 aliphatic carbocycles. The van der Waals surface area contributed by atoms with Crippen LogP contribution in [0.3, 0.4) is 0 Å². The number of hydrogen-bond acceptors (Lipinski definition) is 0. The standard InChI is InChI=1S/C32H26Si.2CH3.Zr/c1-23-21-25-13-9-11-19-29(25)31(23)33(27-15-5-3-6-16-27,28-17-7-4-8-18-28)32-24(2)22-26-14-10-12-20-30(26)32;;;/h3-22H,1-2H3;2*1H3;/q-2;2*-1;+4. The molecule has 0 N–H and O–H groups in total. The van der Waals surface area contributed by atoms with Crippen LogP contribution >= 0.6 is 0 Å². The van der Waals surface area contributed by atoms with Crippen molar-refractivity contribution in [3.05, 3.63) is 147 Å². The summed E-state index contributed by atoms with van der Waals surface area (Å²) in [7, 11) is -2.61. The molecule has 0 aliphatic heterocycles. The largest absolute Gasteiger partial charge is 4.00 e. The molecule has 0 heterocycles. The second-order valence-corrected chi connectivity index (χ2v) is 12.7. The van der Waals surface area contributed by atoms with Crippen molar-refractivity contribution in [2.24, 2.45) is 0 Å². The maximum Gasteiger partial charge on any atom is 4.00 e. The number of fused-ring (bicyclic) bond motifs is 2. The van der Waals surface area contributed by atoms with Gasteiger partial charge in [-0.15, -0.1) is 91.6 Å². The van der Waals surface area contributed by atoms with E-state index in [4.69, 9.17) is 0 Å². The quantitative estimate of drug-likeness (QED) is 0.175. The van der Waals surface area contributed by atoms with Crippen LogP contribution in [0.4, 0.5) is 0 Å². The van der Waals surface area contributed by atoms with Crippen molar-refractivity contribution < 1.29 is 26.2 Å². The number of rotatable bonds is 4. The molecule has 0 atom stereocenters. The van der Waals surface area contributed by atoms with E-state index >= 15 is 0 Å². The summed E-state index contributed by atoms with van der Waals surface area (Å²) >= 11 is 0. The van der Waals surface area contributed by atoms with Crippen LogP contribution in [-0.4, -0.2) is 8.07 Å². The Morgan fingerprint density at radius 3 is 1.19 bits per heavy atom. The Bertz CT molecular complexity index is 1450. The molecular formula is C34H32SiZr. The smallest absolute Gasteiger partial charge is 0.358 e. The zero-order chi connectivity index (χ0) is 22.4. The van der Waals surface area contributed by atoms with Gasteiger partial charge < -0.3 is 14.9 Å². The predicted molar refractivity (Wildman–Crippen MR) is 159 cm³/mol. The summed E-state index contributed by atoms with van der Waals surface area (Å²) in [5.74, 6) is 0. The average molecular weight is 560 g/mol. The Hall–Kier alpha value is -2.80. The van der Waals surface area contributed by atoms with Crippen molar-refractivity contribution >= 4 is 50.4 Å². The molecule has 2 heteroatoms. The van der Waals surface area contributed by atoms with E-state index in [2.05, 4.69) is 135 Å². The fourth-order valence-corrected chi connectivity index (χ4v) is 11.7. The molecular weight excluding hydrogens is 528 g/mol. The van der Waals surface area contributed by atoms with Gasteiger partial charge in [0.2, 0.25) is 0 Å². The molecule has 0 bridgehead atoms. The average Bonchev–Trinajstić information content (AvgIpc) is 3.38. The maximum absolute atomic E-state index is 2.61. The van der Waals surface area contributed by atoms with Gasteiger partial charge in [-0.25, -0.2) is 0 Å². The molecule has 0 amide bonds. The van der Waals surface area contributed by atoms with E-state index in [1.165, 1.54) is 53.4 Å². The van der Waals surface area contributed by atoms with Crippen LogP contribution in [0.15, 0.2) is 121 Å². The van der Waals surface area contributed by atoms with E-state index in [9.17, 15) is 0 Å². The van der Waals surface area contributed by atoms with Crippen LogP contribution in [0.25, 0.3) is 21.5 Å². The van der Waals surface area contributed by atoms with Crippen LogP contribution in [0.5, 0.6) is 0 Å². The minimum absolute atomic E-state index is 0. The second kappa shape index (κ2) is 11.1. The molecule has 176 valence electrons. The molecule has 6 rings (SSSR count). The minimum atomic E-state index is -2.61. The molecule has 0 unspecified atom stereocenters. The molecule has 6 aromatic carbocycles. The van der Waals surface area contributed by atoms with E-state index in [1.54, 1.807) is 0 Å². The third-order valence-electron chi connectivity index (χ3n) is 7.16. The Kier molecular flexibility index (Phi) is 8.55. The van der Waals surface area contributed by atoms with E-state index < -0.39 is 8.07 Å². The number of aryl methyl sites for hydroxylation is 2. The van der Waals surface area contributed by atoms with Crippen LogP contribution < -0.4 is 20.7 Å². The normalized spacial score (nSPS) is 10.9. The zero-order valence-electron chi connectivity index (χ0n) is 21.5. The van der Waals surface area contributed by atoms with Crippen LogP contribution in [0, 0.1) is 28.7 Å². The molecule has 0 saturated carbocycles. The first-order valence-electron chi connectivity index (χ1n) is 11.6. The number of hydrogen-bond donors (Lipinski definition) is 0. The van der Waals surface area contributed by atoms with E-state index in [1.807, 2.05) is 0 Å². The van der Waals surface area contributed by atoms with Gasteiger partial charge in [-0.3, -0.25) is 0 Å². The summed E-state index contributed by atoms with van der Waals surface area (Å²) in [6.07, 6.45) is 0. The van der Waals surface area contributed by atoms with Crippen molar-refractivity contribution in [1.29, 1.82) is 0 Å².